The summed E-state index contributed by atoms with van der Waals surface area (Å²) in [5.74, 6) is 0.947. The molecule has 59 heavy (non-hydrogen) atoms. The third-order valence-corrected chi connectivity index (χ3v) is 12.0. The van der Waals surface area contributed by atoms with Crippen molar-refractivity contribution in [1.82, 2.24) is 0 Å². The number of benzene rings is 9. The molecule has 2 heteroatoms. The summed E-state index contributed by atoms with van der Waals surface area (Å²) in [6, 6.07) is 85.1. The number of hydrogen-bond acceptors (Lipinski definition) is 2. The second-order valence-corrected chi connectivity index (χ2v) is 15.3. The molecule has 0 spiro atoms. The molecular weight excluding hydrogens is 715 g/mol. The number of fused-ring (bicyclic) bond motifs is 5. The number of rotatable bonds is 8. The Morgan fingerprint density at radius 2 is 0.729 bits per heavy atom. The predicted molar refractivity (Wildman–Crippen MR) is 245 cm³/mol. The van der Waals surface area contributed by atoms with Crippen LogP contribution >= 0.6 is 0 Å². The monoisotopic (exact) mass is 753 g/mol. The molecule has 278 valence electrons. The van der Waals surface area contributed by atoms with Crippen molar-refractivity contribution in [2.45, 2.75) is 5.41 Å². The van der Waals surface area contributed by atoms with E-state index in [0.717, 1.165) is 50.5 Å². The van der Waals surface area contributed by atoms with E-state index in [1.807, 2.05) is 0 Å². The van der Waals surface area contributed by atoms with E-state index in [-0.39, 0.29) is 0 Å². The van der Waals surface area contributed by atoms with Gasteiger partial charge >= 0.3 is 0 Å². The zero-order valence-corrected chi connectivity index (χ0v) is 32.4. The fourth-order valence-corrected chi connectivity index (χ4v) is 9.23. The van der Waals surface area contributed by atoms with Gasteiger partial charge in [-0.1, -0.05) is 188 Å². The van der Waals surface area contributed by atoms with E-state index in [0.29, 0.717) is 0 Å². The van der Waals surface area contributed by atoms with E-state index in [9.17, 15) is 0 Å². The van der Waals surface area contributed by atoms with E-state index in [4.69, 9.17) is 4.42 Å². The summed E-state index contributed by atoms with van der Waals surface area (Å²) in [7, 11) is 0. The van der Waals surface area contributed by atoms with Gasteiger partial charge in [0.15, 0.2) is 0 Å². The molecule has 0 bridgehead atoms. The van der Waals surface area contributed by atoms with Crippen LogP contribution in [0.1, 0.15) is 22.3 Å². The van der Waals surface area contributed by atoms with Gasteiger partial charge in [-0.15, -0.1) is 0 Å². The molecule has 10 aromatic rings. The van der Waals surface area contributed by atoms with Gasteiger partial charge in [0.05, 0.1) is 5.41 Å². The Labute approximate surface area is 344 Å². The first kappa shape index (κ1) is 34.6. The van der Waals surface area contributed by atoms with Crippen LogP contribution in [0, 0.1) is 0 Å². The maximum absolute atomic E-state index is 6.77. The van der Waals surface area contributed by atoms with Gasteiger partial charge in [-0.05, 0) is 98.6 Å². The van der Waals surface area contributed by atoms with Gasteiger partial charge in [-0.25, -0.2) is 0 Å². The van der Waals surface area contributed by atoms with E-state index in [1.54, 1.807) is 0 Å². The fourth-order valence-electron chi connectivity index (χ4n) is 9.23. The topological polar surface area (TPSA) is 16.4 Å². The predicted octanol–water partition coefficient (Wildman–Crippen LogP) is 15.3. The van der Waals surface area contributed by atoms with Crippen molar-refractivity contribution in [2.75, 3.05) is 4.90 Å². The summed E-state index contributed by atoms with van der Waals surface area (Å²) in [4.78, 5) is 2.34. The minimum atomic E-state index is -0.565. The fraction of sp³-hybridized carbons (Fsp3) is 0.0175. The molecule has 1 heterocycles. The summed E-state index contributed by atoms with van der Waals surface area (Å²) in [6.45, 7) is 0. The van der Waals surface area contributed by atoms with Crippen LogP contribution in [0.15, 0.2) is 241 Å². The van der Waals surface area contributed by atoms with Crippen LogP contribution in [0.3, 0.4) is 0 Å². The molecule has 0 amide bonds. The van der Waals surface area contributed by atoms with Crippen LogP contribution in [0.25, 0.3) is 55.7 Å². The zero-order chi connectivity index (χ0) is 39.2. The minimum absolute atomic E-state index is 0.565. The Bertz CT molecular complexity index is 2920. The second-order valence-electron chi connectivity index (χ2n) is 15.3. The number of nitrogens with zero attached hydrogens (tertiary/aromatic N) is 1. The maximum Gasteiger partial charge on any atom is 0.140 e. The van der Waals surface area contributed by atoms with Crippen LogP contribution in [-0.4, -0.2) is 0 Å². The average Bonchev–Trinajstić information content (AvgIpc) is 3.84. The van der Waals surface area contributed by atoms with E-state index in [1.165, 1.54) is 44.5 Å². The quantitative estimate of drug-likeness (QED) is 0.154. The highest BCUT2D eigenvalue weighted by Crippen LogP contribution is 2.59. The van der Waals surface area contributed by atoms with Gasteiger partial charge in [0, 0.05) is 33.6 Å². The van der Waals surface area contributed by atoms with Crippen molar-refractivity contribution >= 4 is 28.0 Å². The number of para-hydroxylation sites is 1. The summed E-state index contributed by atoms with van der Waals surface area (Å²) >= 11 is 0. The average molecular weight is 754 g/mol. The SMILES string of the molecule is c1ccc(-c2ccc(N(c3ccc(-c4ccccc4)cc3)c3ccc(-c4ccc5c(c4)C(c4ccccc4)(c4ccccc4)c4c-5oc5ccccc45)cc3)cc2)cc1. The Kier molecular flexibility index (Phi) is 8.41. The number of anilines is 3. The lowest BCUT2D eigenvalue weighted by atomic mass is 9.67. The smallest absolute Gasteiger partial charge is 0.140 e. The minimum Gasteiger partial charge on any atom is -0.456 e. The Morgan fingerprint density at radius 1 is 0.339 bits per heavy atom. The molecule has 0 saturated heterocycles. The summed E-state index contributed by atoms with van der Waals surface area (Å²) in [5.41, 5.74) is 16.7. The molecule has 2 nitrogen and oxygen atoms in total. The van der Waals surface area contributed by atoms with E-state index < -0.39 is 5.41 Å². The molecule has 1 aliphatic rings. The first-order valence-corrected chi connectivity index (χ1v) is 20.3. The molecule has 0 saturated carbocycles. The summed E-state index contributed by atoms with van der Waals surface area (Å²) < 4.78 is 6.77. The van der Waals surface area contributed by atoms with E-state index >= 15 is 0 Å². The lowest BCUT2D eigenvalue weighted by Gasteiger charge is -2.33. The molecule has 11 rings (SSSR count). The van der Waals surface area contributed by atoms with Crippen LogP contribution in [0.5, 0.6) is 0 Å². The molecule has 0 aliphatic heterocycles. The Hall–Kier alpha value is -7.68. The highest BCUT2D eigenvalue weighted by molar-refractivity contribution is 5.98. The molecule has 9 aromatic carbocycles. The van der Waals surface area contributed by atoms with Gasteiger partial charge in [0.1, 0.15) is 11.3 Å². The molecule has 0 radical (unpaired) electrons. The molecule has 0 N–H and O–H groups in total. The zero-order valence-electron chi connectivity index (χ0n) is 32.4. The maximum atomic E-state index is 6.77. The molecular formula is C57H39NO. The molecule has 1 aromatic heterocycles. The summed E-state index contributed by atoms with van der Waals surface area (Å²) in [6.07, 6.45) is 0. The highest BCUT2D eigenvalue weighted by atomic mass is 16.3. The van der Waals surface area contributed by atoms with Crippen molar-refractivity contribution in [2.24, 2.45) is 0 Å². The molecule has 1 aliphatic carbocycles. The number of hydrogen-bond donors (Lipinski definition) is 0. The molecule has 0 fully saturated rings. The van der Waals surface area contributed by atoms with Crippen molar-refractivity contribution in [3.8, 4) is 44.7 Å². The van der Waals surface area contributed by atoms with Crippen molar-refractivity contribution in [1.29, 1.82) is 0 Å². The molecule has 0 unspecified atom stereocenters. The van der Waals surface area contributed by atoms with Gasteiger partial charge in [-0.2, -0.15) is 0 Å². The van der Waals surface area contributed by atoms with Gasteiger partial charge in [0.25, 0.3) is 0 Å². The number of furan rings is 1. The largest absolute Gasteiger partial charge is 0.456 e. The van der Waals surface area contributed by atoms with Crippen LogP contribution in [0.4, 0.5) is 17.1 Å². The second kappa shape index (κ2) is 14.4. The third kappa shape index (κ3) is 5.80. The normalized spacial score (nSPS) is 12.5. The lowest BCUT2D eigenvalue weighted by Crippen LogP contribution is -2.28. The van der Waals surface area contributed by atoms with Crippen LogP contribution < -0.4 is 4.90 Å². The molecule has 0 atom stereocenters. The first-order valence-electron chi connectivity index (χ1n) is 20.3. The standard InChI is InChI=1S/C57H39NO/c1-5-15-40(16-6-1)42-25-32-48(33-26-42)58(49-34-27-43(28-35-49)41-17-7-2-8-18-41)50-36-29-44(30-37-50)45-31-38-51-53(39-45)57(46-19-9-3-10-20-46,47-21-11-4-12-22-47)55-52-23-13-14-24-54(52)59-56(51)55/h1-39H. The van der Waals surface area contributed by atoms with Gasteiger partial charge in [-0.3, -0.25) is 0 Å². The van der Waals surface area contributed by atoms with E-state index in [2.05, 4.69) is 241 Å². The van der Waals surface area contributed by atoms with Crippen molar-refractivity contribution < 1.29 is 4.42 Å². The van der Waals surface area contributed by atoms with Crippen LogP contribution in [-0.2, 0) is 5.41 Å². The van der Waals surface area contributed by atoms with Crippen LogP contribution in [0.2, 0.25) is 0 Å². The Balaban J connectivity index is 1.03. The Morgan fingerprint density at radius 3 is 1.22 bits per heavy atom. The highest BCUT2D eigenvalue weighted by Gasteiger charge is 2.49. The van der Waals surface area contributed by atoms with Crippen molar-refractivity contribution in [3.63, 3.8) is 0 Å². The van der Waals surface area contributed by atoms with Crippen molar-refractivity contribution in [3.05, 3.63) is 259 Å². The van der Waals surface area contributed by atoms with Gasteiger partial charge < -0.3 is 9.32 Å². The lowest BCUT2D eigenvalue weighted by molar-refractivity contribution is 0.628. The van der Waals surface area contributed by atoms with Gasteiger partial charge in [0.2, 0.25) is 0 Å². The first-order chi connectivity index (χ1) is 29.3. The summed E-state index contributed by atoms with van der Waals surface area (Å²) in [5, 5.41) is 1.14. The third-order valence-electron chi connectivity index (χ3n) is 12.0.